The third-order valence-electron chi connectivity index (χ3n) is 2.60. The van der Waals surface area contributed by atoms with Gasteiger partial charge in [0.1, 0.15) is 0 Å². The Morgan fingerprint density at radius 3 is 2.53 bits per heavy atom. The molecule has 0 aliphatic carbocycles. The Balaban J connectivity index is 2.40. The lowest BCUT2D eigenvalue weighted by atomic mass is 10.1. The number of carbonyl (C=O) groups is 1. The highest BCUT2D eigenvalue weighted by Crippen LogP contribution is 2.22. The predicted octanol–water partition coefficient (Wildman–Crippen LogP) is 4.31. The number of nitrogens with one attached hydrogen (secondary N) is 1. The SMILES string of the molecule is CC(C)CC(Cl)CNC(=O)Cc1ccc(Cl)c(Cl)c1. The van der Waals surface area contributed by atoms with Gasteiger partial charge in [0.15, 0.2) is 0 Å². The molecule has 19 heavy (non-hydrogen) atoms. The molecule has 5 heteroatoms. The molecule has 0 aliphatic rings. The fraction of sp³-hybridized carbons (Fsp3) is 0.500. The number of alkyl halides is 1. The number of halogens is 3. The molecule has 1 amide bonds. The Labute approximate surface area is 129 Å². The van der Waals surface area contributed by atoms with Gasteiger partial charge in [-0.05, 0) is 30.0 Å². The third-order valence-corrected chi connectivity index (χ3v) is 3.67. The average molecular weight is 323 g/mol. The summed E-state index contributed by atoms with van der Waals surface area (Å²) >= 11 is 17.8. The van der Waals surface area contributed by atoms with Crippen molar-refractivity contribution < 1.29 is 4.79 Å². The summed E-state index contributed by atoms with van der Waals surface area (Å²) in [4.78, 5) is 11.8. The van der Waals surface area contributed by atoms with Crippen molar-refractivity contribution in [1.29, 1.82) is 0 Å². The van der Waals surface area contributed by atoms with Crippen LogP contribution < -0.4 is 5.32 Å². The minimum absolute atomic E-state index is 0.0299. The van der Waals surface area contributed by atoms with Crippen molar-refractivity contribution in [2.24, 2.45) is 5.92 Å². The van der Waals surface area contributed by atoms with Crippen molar-refractivity contribution in [3.8, 4) is 0 Å². The van der Waals surface area contributed by atoms with E-state index in [1.165, 1.54) is 0 Å². The van der Waals surface area contributed by atoms with Crippen molar-refractivity contribution in [3.05, 3.63) is 33.8 Å². The Kier molecular flexibility index (Phi) is 6.98. The van der Waals surface area contributed by atoms with Gasteiger partial charge < -0.3 is 5.32 Å². The Hall–Kier alpha value is -0.440. The zero-order valence-corrected chi connectivity index (χ0v) is 13.3. The van der Waals surface area contributed by atoms with Crippen LogP contribution in [-0.4, -0.2) is 17.8 Å². The molecule has 1 aromatic rings. The summed E-state index contributed by atoms with van der Waals surface area (Å²) in [5, 5.41) is 3.74. The van der Waals surface area contributed by atoms with Crippen molar-refractivity contribution in [3.63, 3.8) is 0 Å². The first-order valence-electron chi connectivity index (χ1n) is 6.23. The van der Waals surface area contributed by atoms with E-state index in [2.05, 4.69) is 19.2 Å². The average Bonchev–Trinajstić information content (AvgIpc) is 2.30. The highest BCUT2D eigenvalue weighted by Gasteiger charge is 2.10. The maximum Gasteiger partial charge on any atom is 0.224 e. The number of rotatable bonds is 6. The first kappa shape index (κ1) is 16.6. The van der Waals surface area contributed by atoms with Crippen molar-refractivity contribution in [2.45, 2.75) is 32.1 Å². The summed E-state index contributed by atoms with van der Waals surface area (Å²) in [5.41, 5.74) is 0.835. The van der Waals surface area contributed by atoms with Gasteiger partial charge in [-0.3, -0.25) is 4.79 Å². The molecule has 1 aromatic carbocycles. The van der Waals surface area contributed by atoms with Gasteiger partial charge in [-0.1, -0.05) is 43.1 Å². The molecule has 0 saturated heterocycles. The van der Waals surface area contributed by atoms with E-state index in [4.69, 9.17) is 34.8 Å². The van der Waals surface area contributed by atoms with Gasteiger partial charge >= 0.3 is 0 Å². The fourth-order valence-corrected chi connectivity index (χ4v) is 2.47. The molecule has 0 aliphatic heterocycles. The molecule has 0 saturated carbocycles. The van der Waals surface area contributed by atoms with Crippen LogP contribution in [0.4, 0.5) is 0 Å². The molecule has 0 radical (unpaired) electrons. The molecular weight excluding hydrogens is 305 g/mol. The van der Waals surface area contributed by atoms with Crippen LogP contribution in [0.1, 0.15) is 25.8 Å². The zero-order chi connectivity index (χ0) is 14.4. The molecule has 0 aromatic heterocycles. The second-order valence-corrected chi connectivity index (χ2v) is 6.39. The van der Waals surface area contributed by atoms with Gasteiger partial charge in [0.25, 0.3) is 0 Å². The van der Waals surface area contributed by atoms with Gasteiger partial charge in [-0.2, -0.15) is 0 Å². The first-order valence-corrected chi connectivity index (χ1v) is 7.42. The van der Waals surface area contributed by atoms with Crippen molar-refractivity contribution in [1.82, 2.24) is 5.32 Å². The van der Waals surface area contributed by atoms with Gasteiger partial charge in [-0.15, -0.1) is 11.6 Å². The van der Waals surface area contributed by atoms with Crippen LogP contribution in [0.25, 0.3) is 0 Å². The number of hydrogen-bond acceptors (Lipinski definition) is 1. The Morgan fingerprint density at radius 1 is 1.26 bits per heavy atom. The lowest BCUT2D eigenvalue weighted by Gasteiger charge is -2.13. The molecule has 0 bridgehead atoms. The van der Waals surface area contributed by atoms with E-state index < -0.39 is 0 Å². The summed E-state index contributed by atoms with van der Waals surface area (Å²) in [7, 11) is 0. The zero-order valence-electron chi connectivity index (χ0n) is 11.1. The molecule has 0 spiro atoms. The number of hydrogen-bond donors (Lipinski definition) is 1. The summed E-state index contributed by atoms with van der Waals surface area (Å²) in [5.74, 6) is 0.460. The third kappa shape index (κ3) is 6.51. The summed E-state index contributed by atoms with van der Waals surface area (Å²) in [6.45, 7) is 4.69. The molecular formula is C14H18Cl3NO. The summed E-state index contributed by atoms with van der Waals surface area (Å²) in [6.07, 6.45) is 1.16. The van der Waals surface area contributed by atoms with Crippen molar-refractivity contribution in [2.75, 3.05) is 6.54 Å². The molecule has 1 rings (SSSR count). The minimum Gasteiger partial charge on any atom is -0.354 e. The molecule has 1 atom stereocenters. The Morgan fingerprint density at radius 2 is 1.95 bits per heavy atom. The smallest absolute Gasteiger partial charge is 0.224 e. The van der Waals surface area contributed by atoms with Crippen LogP contribution in [0.15, 0.2) is 18.2 Å². The highest BCUT2D eigenvalue weighted by molar-refractivity contribution is 6.42. The number of amides is 1. The molecule has 0 heterocycles. The van der Waals surface area contributed by atoms with E-state index in [1.54, 1.807) is 18.2 Å². The van der Waals surface area contributed by atoms with Crippen LogP contribution in [-0.2, 0) is 11.2 Å². The quantitative estimate of drug-likeness (QED) is 0.777. The Bertz CT molecular complexity index is 435. The molecule has 1 N–H and O–H groups in total. The topological polar surface area (TPSA) is 29.1 Å². The van der Waals surface area contributed by atoms with E-state index in [-0.39, 0.29) is 17.7 Å². The largest absolute Gasteiger partial charge is 0.354 e. The lowest BCUT2D eigenvalue weighted by molar-refractivity contribution is -0.120. The molecule has 106 valence electrons. The molecule has 2 nitrogen and oxygen atoms in total. The second-order valence-electron chi connectivity index (χ2n) is 4.96. The van der Waals surface area contributed by atoms with Crippen LogP contribution in [0.2, 0.25) is 10.0 Å². The second kappa shape index (κ2) is 7.98. The first-order chi connectivity index (χ1) is 8.88. The van der Waals surface area contributed by atoms with Crippen molar-refractivity contribution >= 4 is 40.7 Å². The number of benzene rings is 1. The van der Waals surface area contributed by atoms with E-state index in [0.29, 0.717) is 22.5 Å². The summed E-state index contributed by atoms with van der Waals surface area (Å²) in [6, 6.07) is 5.19. The van der Waals surface area contributed by atoms with Gasteiger partial charge in [0.05, 0.1) is 21.8 Å². The van der Waals surface area contributed by atoms with Crippen LogP contribution >= 0.6 is 34.8 Å². The van der Waals surface area contributed by atoms with E-state index in [0.717, 1.165) is 12.0 Å². The monoisotopic (exact) mass is 321 g/mol. The fourth-order valence-electron chi connectivity index (χ4n) is 1.72. The standard InChI is InChI=1S/C14H18Cl3NO/c1-9(2)5-11(15)8-18-14(19)7-10-3-4-12(16)13(17)6-10/h3-4,6,9,11H,5,7-8H2,1-2H3,(H,18,19). The highest BCUT2D eigenvalue weighted by atomic mass is 35.5. The normalized spacial score (nSPS) is 12.5. The maximum atomic E-state index is 11.8. The van der Waals surface area contributed by atoms with Gasteiger partial charge in [-0.25, -0.2) is 0 Å². The van der Waals surface area contributed by atoms with Gasteiger partial charge in [0.2, 0.25) is 5.91 Å². The van der Waals surface area contributed by atoms with E-state index in [9.17, 15) is 4.79 Å². The van der Waals surface area contributed by atoms with Gasteiger partial charge in [0, 0.05) is 6.54 Å². The number of carbonyl (C=O) groups excluding carboxylic acids is 1. The minimum atomic E-state index is -0.0622. The summed E-state index contributed by atoms with van der Waals surface area (Å²) < 4.78 is 0. The molecule has 0 fully saturated rings. The van der Waals surface area contributed by atoms with Crippen LogP contribution in [0.3, 0.4) is 0 Å². The van der Waals surface area contributed by atoms with E-state index >= 15 is 0 Å². The van der Waals surface area contributed by atoms with E-state index in [1.807, 2.05) is 0 Å². The molecule has 1 unspecified atom stereocenters. The lowest BCUT2D eigenvalue weighted by Crippen LogP contribution is -2.31. The van der Waals surface area contributed by atoms with Crippen LogP contribution in [0.5, 0.6) is 0 Å². The maximum absolute atomic E-state index is 11.8. The van der Waals surface area contributed by atoms with Crippen LogP contribution in [0, 0.1) is 5.92 Å². The predicted molar refractivity (Wildman–Crippen MR) is 82.3 cm³/mol.